The van der Waals surface area contributed by atoms with E-state index in [0.717, 1.165) is 0 Å². The topological polar surface area (TPSA) is 69.2 Å². The number of para-hydroxylation sites is 1. The number of anilines is 1. The van der Waals surface area contributed by atoms with Crippen molar-refractivity contribution in [3.63, 3.8) is 0 Å². The molecular weight excluding hydrogens is 182 g/mol. The zero-order chi connectivity index (χ0) is 10.1. The van der Waals surface area contributed by atoms with E-state index in [1.807, 2.05) is 0 Å². The zero-order valence-electron chi connectivity index (χ0n) is 7.32. The van der Waals surface area contributed by atoms with E-state index in [0.29, 0.717) is 11.3 Å². The second kappa shape index (κ2) is 3.14. The number of amides is 1. The standard InChI is InChI=1S/C10H9NO3/c12-9-5-7(10(13)14)6-3-1-2-4-8(6)11-9/h1-4,7H,5H2,(H,11,12)(H,13,14)/p-1/t7-/m0/s1. The molecule has 1 N–H and O–H groups in total. The van der Waals surface area contributed by atoms with Gasteiger partial charge in [0.25, 0.3) is 0 Å². The molecule has 4 heteroatoms. The van der Waals surface area contributed by atoms with Gasteiger partial charge in [0, 0.05) is 24.0 Å². The fraction of sp³-hybridized carbons (Fsp3) is 0.200. The maximum absolute atomic E-state index is 11.1. The highest BCUT2D eigenvalue weighted by atomic mass is 16.4. The van der Waals surface area contributed by atoms with E-state index < -0.39 is 11.9 Å². The highest BCUT2D eigenvalue weighted by Crippen LogP contribution is 2.31. The van der Waals surface area contributed by atoms with Gasteiger partial charge in [0.2, 0.25) is 5.91 Å². The highest BCUT2D eigenvalue weighted by Gasteiger charge is 2.25. The van der Waals surface area contributed by atoms with Crippen molar-refractivity contribution in [2.75, 3.05) is 5.32 Å². The molecule has 0 aliphatic carbocycles. The Morgan fingerprint density at radius 1 is 1.43 bits per heavy atom. The zero-order valence-corrected chi connectivity index (χ0v) is 7.32. The molecule has 1 aliphatic heterocycles. The number of carbonyl (C=O) groups is 2. The van der Waals surface area contributed by atoms with Crippen molar-refractivity contribution in [2.24, 2.45) is 0 Å². The Hall–Kier alpha value is -1.84. The number of fused-ring (bicyclic) bond motifs is 1. The normalized spacial score (nSPS) is 19.7. The third kappa shape index (κ3) is 1.35. The first-order chi connectivity index (χ1) is 6.68. The van der Waals surface area contributed by atoms with E-state index in [1.165, 1.54) is 0 Å². The van der Waals surface area contributed by atoms with Crippen LogP contribution in [-0.4, -0.2) is 11.9 Å². The molecule has 0 aromatic heterocycles. The Labute approximate surface area is 80.6 Å². The van der Waals surface area contributed by atoms with Gasteiger partial charge in [-0.1, -0.05) is 18.2 Å². The predicted molar refractivity (Wildman–Crippen MR) is 47.4 cm³/mol. The summed E-state index contributed by atoms with van der Waals surface area (Å²) in [7, 11) is 0. The summed E-state index contributed by atoms with van der Waals surface area (Å²) in [5, 5.41) is 13.4. The number of hydrogen-bond donors (Lipinski definition) is 1. The lowest BCUT2D eigenvalue weighted by molar-refractivity contribution is -0.308. The molecule has 2 rings (SSSR count). The van der Waals surface area contributed by atoms with E-state index in [1.54, 1.807) is 24.3 Å². The first-order valence-electron chi connectivity index (χ1n) is 4.28. The van der Waals surface area contributed by atoms with Crippen LogP contribution < -0.4 is 10.4 Å². The van der Waals surface area contributed by atoms with Gasteiger partial charge in [-0.3, -0.25) is 4.79 Å². The van der Waals surface area contributed by atoms with Crippen LogP contribution >= 0.6 is 0 Å². The van der Waals surface area contributed by atoms with Gasteiger partial charge in [0.05, 0.1) is 0 Å². The number of carboxylic acid groups (broad SMARTS) is 1. The Kier molecular flexibility index (Phi) is 1.96. The molecule has 0 unspecified atom stereocenters. The second-order valence-corrected chi connectivity index (χ2v) is 3.21. The smallest absolute Gasteiger partial charge is 0.225 e. The monoisotopic (exact) mass is 190 g/mol. The van der Waals surface area contributed by atoms with Crippen molar-refractivity contribution in [3.05, 3.63) is 29.8 Å². The van der Waals surface area contributed by atoms with Crippen LogP contribution in [0.3, 0.4) is 0 Å². The number of carbonyl (C=O) groups excluding carboxylic acids is 2. The molecule has 0 spiro atoms. The van der Waals surface area contributed by atoms with Crippen LogP contribution in [0.2, 0.25) is 0 Å². The number of rotatable bonds is 1. The van der Waals surface area contributed by atoms with Gasteiger partial charge in [-0.2, -0.15) is 0 Å². The number of carboxylic acids is 1. The number of hydrogen-bond acceptors (Lipinski definition) is 3. The second-order valence-electron chi connectivity index (χ2n) is 3.21. The van der Waals surface area contributed by atoms with Gasteiger partial charge in [-0.15, -0.1) is 0 Å². The molecule has 1 aromatic carbocycles. The summed E-state index contributed by atoms with van der Waals surface area (Å²) in [6.45, 7) is 0. The van der Waals surface area contributed by atoms with Crippen molar-refractivity contribution >= 4 is 17.6 Å². The van der Waals surface area contributed by atoms with E-state index in [2.05, 4.69) is 5.32 Å². The first-order valence-corrected chi connectivity index (χ1v) is 4.28. The molecule has 0 saturated carbocycles. The summed E-state index contributed by atoms with van der Waals surface area (Å²) in [6.07, 6.45) is -0.0423. The maximum Gasteiger partial charge on any atom is 0.225 e. The van der Waals surface area contributed by atoms with Crippen molar-refractivity contribution in [2.45, 2.75) is 12.3 Å². The average Bonchev–Trinajstić information content (AvgIpc) is 2.16. The van der Waals surface area contributed by atoms with Gasteiger partial charge in [-0.05, 0) is 11.6 Å². The van der Waals surface area contributed by atoms with Crippen molar-refractivity contribution < 1.29 is 14.7 Å². The minimum atomic E-state index is -1.20. The molecule has 1 aromatic rings. The van der Waals surface area contributed by atoms with Gasteiger partial charge in [-0.25, -0.2) is 0 Å². The fourth-order valence-corrected chi connectivity index (χ4v) is 1.62. The molecule has 72 valence electrons. The Bertz CT molecular complexity index is 400. The van der Waals surface area contributed by atoms with Crippen LogP contribution in [0.1, 0.15) is 17.9 Å². The Morgan fingerprint density at radius 2 is 2.14 bits per heavy atom. The molecule has 1 aliphatic rings. The summed E-state index contributed by atoms with van der Waals surface area (Å²) in [6, 6.07) is 6.86. The molecule has 4 nitrogen and oxygen atoms in total. The summed E-state index contributed by atoms with van der Waals surface area (Å²) >= 11 is 0. The maximum atomic E-state index is 11.1. The molecule has 0 radical (unpaired) electrons. The van der Waals surface area contributed by atoms with E-state index in [-0.39, 0.29) is 12.3 Å². The van der Waals surface area contributed by atoms with Crippen molar-refractivity contribution in [1.82, 2.24) is 0 Å². The number of aliphatic carboxylic acids is 1. The summed E-state index contributed by atoms with van der Waals surface area (Å²) in [5.74, 6) is -2.30. The average molecular weight is 190 g/mol. The molecule has 0 bridgehead atoms. The number of benzene rings is 1. The van der Waals surface area contributed by atoms with Crippen molar-refractivity contribution in [1.29, 1.82) is 0 Å². The molecule has 1 atom stereocenters. The van der Waals surface area contributed by atoms with Gasteiger partial charge >= 0.3 is 0 Å². The van der Waals surface area contributed by atoms with Gasteiger partial charge in [0.15, 0.2) is 0 Å². The minimum Gasteiger partial charge on any atom is -0.549 e. The number of nitrogens with one attached hydrogen (secondary N) is 1. The highest BCUT2D eigenvalue weighted by molar-refractivity contribution is 5.99. The molecule has 14 heavy (non-hydrogen) atoms. The van der Waals surface area contributed by atoms with Crippen LogP contribution in [0, 0.1) is 0 Å². The summed E-state index contributed by atoms with van der Waals surface area (Å²) in [4.78, 5) is 21.9. The van der Waals surface area contributed by atoms with Crippen LogP contribution in [0.4, 0.5) is 5.69 Å². The molecular formula is C10H8NO3-. The molecule has 1 amide bonds. The van der Waals surface area contributed by atoms with Gasteiger partial charge in [0.1, 0.15) is 0 Å². The third-order valence-corrected chi connectivity index (χ3v) is 2.28. The largest absolute Gasteiger partial charge is 0.549 e. The Balaban J connectivity index is 2.48. The lowest BCUT2D eigenvalue weighted by atomic mass is 9.91. The van der Waals surface area contributed by atoms with Crippen LogP contribution in [0.5, 0.6) is 0 Å². The first kappa shape index (κ1) is 8.74. The molecule has 0 saturated heterocycles. The fourth-order valence-electron chi connectivity index (χ4n) is 1.62. The van der Waals surface area contributed by atoms with Crippen LogP contribution in [0.15, 0.2) is 24.3 Å². The molecule has 1 heterocycles. The van der Waals surface area contributed by atoms with Crippen molar-refractivity contribution in [3.8, 4) is 0 Å². The van der Waals surface area contributed by atoms with Gasteiger partial charge < -0.3 is 15.2 Å². The Morgan fingerprint density at radius 3 is 2.86 bits per heavy atom. The summed E-state index contributed by atoms with van der Waals surface area (Å²) in [5.41, 5.74) is 1.19. The summed E-state index contributed by atoms with van der Waals surface area (Å²) < 4.78 is 0. The van der Waals surface area contributed by atoms with Crippen LogP contribution in [-0.2, 0) is 9.59 Å². The van der Waals surface area contributed by atoms with E-state index >= 15 is 0 Å². The van der Waals surface area contributed by atoms with Crippen LogP contribution in [0.25, 0.3) is 0 Å². The third-order valence-electron chi connectivity index (χ3n) is 2.28. The lowest BCUT2D eigenvalue weighted by Gasteiger charge is -2.25. The quantitative estimate of drug-likeness (QED) is 0.670. The lowest BCUT2D eigenvalue weighted by Crippen LogP contribution is -2.35. The van der Waals surface area contributed by atoms with E-state index in [9.17, 15) is 14.7 Å². The van der Waals surface area contributed by atoms with E-state index in [4.69, 9.17) is 0 Å². The molecule has 0 fully saturated rings. The predicted octanol–water partition coefficient (Wildman–Crippen LogP) is -0.138. The minimum absolute atomic E-state index is 0.0423. The SMILES string of the molecule is O=C1C[C@H](C(=O)[O-])c2ccccc2N1.